The van der Waals surface area contributed by atoms with Crippen molar-refractivity contribution in [2.45, 2.75) is 44.4 Å². The van der Waals surface area contributed by atoms with E-state index in [1.54, 1.807) is 6.08 Å². The monoisotopic (exact) mass is 326 g/mol. The lowest BCUT2D eigenvalue weighted by molar-refractivity contribution is -0.132. The molecule has 0 unspecified atom stereocenters. The Morgan fingerprint density at radius 1 is 1.26 bits per heavy atom. The number of ether oxygens (including phenoxy) is 2. The van der Waals surface area contributed by atoms with Crippen LogP contribution in [0.15, 0.2) is 12.2 Å². The van der Waals surface area contributed by atoms with Crippen molar-refractivity contribution < 1.29 is 24.2 Å². The van der Waals surface area contributed by atoms with Crippen LogP contribution in [0.4, 0.5) is 0 Å². The molecule has 0 radical (unpaired) electrons. The maximum absolute atomic E-state index is 12.3. The van der Waals surface area contributed by atoms with Crippen LogP contribution in [0.5, 0.6) is 0 Å². The summed E-state index contributed by atoms with van der Waals surface area (Å²) in [5.74, 6) is -0.180. The highest BCUT2D eigenvalue weighted by atomic mass is 16.5. The summed E-state index contributed by atoms with van der Waals surface area (Å²) in [5.41, 5.74) is 0. The number of rotatable bonds is 6. The van der Waals surface area contributed by atoms with Gasteiger partial charge in [-0.2, -0.15) is 0 Å². The van der Waals surface area contributed by atoms with Gasteiger partial charge < -0.3 is 25.2 Å². The van der Waals surface area contributed by atoms with Gasteiger partial charge >= 0.3 is 0 Å². The Morgan fingerprint density at radius 2 is 2.00 bits per heavy atom. The topological polar surface area (TPSA) is 96.9 Å². The predicted molar refractivity (Wildman–Crippen MR) is 83.7 cm³/mol. The molecule has 0 aromatic heterocycles. The van der Waals surface area contributed by atoms with Gasteiger partial charge in [-0.1, -0.05) is 12.2 Å². The summed E-state index contributed by atoms with van der Waals surface area (Å²) in [6.45, 7) is 3.42. The minimum Gasteiger partial charge on any atom is -0.394 e. The Hall–Kier alpha value is -1.44. The van der Waals surface area contributed by atoms with Crippen LogP contribution in [-0.2, 0) is 19.1 Å². The highest BCUT2D eigenvalue weighted by molar-refractivity contribution is 5.79. The highest BCUT2D eigenvalue weighted by Gasteiger charge is 2.31. The molecule has 0 aromatic carbocycles. The third-order valence-corrected chi connectivity index (χ3v) is 4.12. The molecule has 2 heterocycles. The third-order valence-electron chi connectivity index (χ3n) is 4.12. The molecule has 2 aliphatic heterocycles. The first-order valence-corrected chi connectivity index (χ1v) is 8.23. The SMILES string of the molecule is CCNC(=O)C[C@H]1C=C[C@@H](NC(=O)C2CCOCC2)[C@@H](CO)O1. The number of hydrogen-bond donors (Lipinski definition) is 3. The molecule has 2 amide bonds. The average Bonchev–Trinajstić information content (AvgIpc) is 2.57. The highest BCUT2D eigenvalue weighted by Crippen LogP contribution is 2.19. The summed E-state index contributed by atoms with van der Waals surface area (Å²) >= 11 is 0. The van der Waals surface area contributed by atoms with Crippen LogP contribution < -0.4 is 10.6 Å². The van der Waals surface area contributed by atoms with Crippen molar-refractivity contribution in [1.82, 2.24) is 10.6 Å². The van der Waals surface area contributed by atoms with Gasteiger partial charge in [-0.3, -0.25) is 9.59 Å². The predicted octanol–water partition coefficient (Wildman–Crippen LogP) is -0.260. The maximum Gasteiger partial charge on any atom is 0.223 e. The lowest BCUT2D eigenvalue weighted by Gasteiger charge is -2.33. The average molecular weight is 326 g/mol. The van der Waals surface area contributed by atoms with Gasteiger partial charge in [0.15, 0.2) is 0 Å². The van der Waals surface area contributed by atoms with E-state index in [4.69, 9.17) is 9.47 Å². The molecular formula is C16H26N2O5. The summed E-state index contributed by atoms with van der Waals surface area (Å²) in [4.78, 5) is 23.9. The fourth-order valence-corrected chi connectivity index (χ4v) is 2.83. The van der Waals surface area contributed by atoms with Crippen molar-refractivity contribution in [2.24, 2.45) is 5.92 Å². The molecule has 1 saturated heterocycles. The molecule has 23 heavy (non-hydrogen) atoms. The van der Waals surface area contributed by atoms with Gasteiger partial charge in [-0.15, -0.1) is 0 Å². The molecule has 0 saturated carbocycles. The number of carbonyl (C=O) groups is 2. The summed E-state index contributed by atoms with van der Waals surface area (Å²) in [5, 5.41) is 15.1. The van der Waals surface area contributed by atoms with Gasteiger partial charge in [0.2, 0.25) is 11.8 Å². The van der Waals surface area contributed by atoms with Crippen LogP contribution in [0.2, 0.25) is 0 Å². The standard InChI is InChI=1S/C16H26N2O5/c1-2-17-15(20)9-12-3-4-13(14(10-19)23-12)18-16(21)11-5-7-22-8-6-11/h3-4,11-14,19H,2,5-10H2,1H3,(H,17,20)(H,18,21)/t12-,13-,14-/m1/s1. The van der Waals surface area contributed by atoms with Crippen molar-refractivity contribution in [3.63, 3.8) is 0 Å². The second kappa shape index (κ2) is 9.00. The molecule has 2 aliphatic rings. The van der Waals surface area contributed by atoms with E-state index in [2.05, 4.69) is 10.6 Å². The molecule has 0 bridgehead atoms. The summed E-state index contributed by atoms with van der Waals surface area (Å²) in [6, 6.07) is -0.374. The molecule has 0 aliphatic carbocycles. The molecular weight excluding hydrogens is 300 g/mol. The van der Waals surface area contributed by atoms with Crippen molar-refractivity contribution >= 4 is 11.8 Å². The zero-order chi connectivity index (χ0) is 16.7. The van der Waals surface area contributed by atoms with E-state index in [1.807, 2.05) is 13.0 Å². The number of nitrogens with one attached hydrogen (secondary N) is 2. The molecule has 0 aromatic rings. The first kappa shape index (κ1) is 17.9. The normalized spacial score (nSPS) is 28.3. The van der Waals surface area contributed by atoms with Crippen molar-refractivity contribution in [1.29, 1.82) is 0 Å². The van der Waals surface area contributed by atoms with Crippen molar-refractivity contribution in [3.05, 3.63) is 12.2 Å². The van der Waals surface area contributed by atoms with Crippen LogP contribution in [0.3, 0.4) is 0 Å². The fourth-order valence-electron chi connectivity index (χ4n) is 2.83. The van der Waals surface area contributed by atoms with E-state index in [9.17, 15) is 14.7 Å². The Bertz CT molecular complexity index is 434. The number of aliphatic hydroxyl groups excluding tert-OH is 1. The Morgan fingerprint density at radius 3 is 2.65 bits per heavy atom. The van der Waals surface area contributed by atoms with E-state index in [1.165, 1.54) is 0 Å². The lowest BCUT2D eigenvalue weighted by Crippen LogP contribution is -2.50. The lowest BCUT2D eigenvalue weighted by atomic mass is 9.97. The number of hydrogen-bond acceptors (Lipinski definition) is 5. The molecule has 3 N–H and O–H groups in total. The van der Waals surface area contributed by atoms with E-state index in [-0.39, 0.29) is 42.9 Å². The minimum atomic E-state index is -0.539. The second-order valence-electron chi connectivity index (χ2n) is 5.86. The van der Waals surface area contributed by atoms with Crippen LogP contribution in [0.1, 0.15) is 26.2 Å². The van der Waals surface area contributed by atoms with E-state index >= 15 is 0 Å². The van der Waals surface area contributed by atoms with E-state index in [0.29, 0.717) is 32.6 Å². The van der Waals surface area contributed by atoms with Gasteiger partial charge in [0.05, 0.1) is 25.2 Å². The van der Waals surface area contributed by atoms with Crippen LogP contribution in [0, 0.1) is 5.92 Å². The minimum absolute atomic E-state index is 0.0350. The van der Waals surface area contributed by atoms with Crippen LogP contribution in [-0.4, -0.2) is 61.5 Å². The second-order valence-corrected chi connectivity index (χ2v) is 5.86. The van der Waals surface area contributed by atoms with Gasteiger partial charge in [-0.25, -0.2) is 0 Å². The smallest absolute Gasteiger partial charge is 0.223 e. The molecule has 7 nitrogen and oxygen atoms in total. The molecule has 130 valence electrons. The Kier molecular flexibility index (Phi) is 7.01. The molecule has 1 fully saturated rings. The number of aliphatic hydroxyl groups is 1. The summed E-state index contributed by atoms with van der Waals surface area (Å²) in [7, 11) is 0. The quantitative estimate of drug-likeness (QED) is 0.584. The van der Waals surface area contributed by atoms with Crippen molar-refractivity contribution in [2.75, 3.05) is 26.4 Å². The Balaban J connectivity index is 1.88. The third kappa shape index (κ3) is 5.30. The maximum atomic E-state index is 12.3. The van der Waals surface area contributed by atoms with Gasteiger partial charge in [-0.05, 0) is 19.8 Å². The van der Waals surface area contributed by atoms with E-state index < -0.39 is 6.10 Å². The Labute approximate surface area is 136 Å². The van der Waals surface area contributed by atoms with Crippen LogP contribution in [0.25, 0.3) is 0 Å². The molecule has 3 atom stereocenters. The molecule has 7 heteroatoms. The van der Waals surface area contributed by atoms with Crippen molar-refractivity contribution in [3.8, 4) is 0 Å². The molecule has 0 spiro atoms. The summed E-state index contributed by atoms with van der Waals surface area (Å²) in [6.07, 6.45) is 4.31. The largest absolute Gasteiger partial charge is 0.394 e. The molecule has 2 rings (SSSR count). The first-order valence-electron chi connectivity index (χ1n) is 8.23. The van der Waals surface area contributed by atoms with Crippen LogP contribution >= 0.6 is 0 Å². The van der Waals surface area contributed by atoms with Gasteiger partial charge in [0.25, 0.3) is 0 Å². The fraction of sp³-hybridized carbons (Fsp3) is 0.750. The van der Waals surface area contributed by atoms with Gasteiger partial charge in [0, 0.05) is 25.7 Å². The van der Waals surface area contributed by atoms with E-state index in [0.717, 1.165) is 0 Å². The zero-order valence-electron chi connectivity index (χ0n) is 13.5. The first-order chi connectivity index (χ1) is 11.1. The number of amides is 2. The number of carbonyl (C=O) groups excluding carboxylic acids is 2. The summed E-state index contributed by atoms with van der Waals surface area (Å²) < 4.78 is 11.0. The van der Waals surface area contributed by atoms with Gasteiger partial charge in [0.1, 0.15) is 6.10 Å². The zero-order valence-corrected chi connectivity index (χ0v) is 13.5.